The van der Waals surface area contributed by atoms with Crippen molar-refractivity contribution < 1.29 is 4.79 Å². The molecule has 0 atom stereocenters. The molecule has 1 amide bonds. The fourth-order valence-electron chi connectivity index (χ4n) is 3.30. The summed E-state index contributed by atoms with van der Waals surface area (Å²) < 4.78 is 0. The molecule has 1 aromatic carbocycles. The van der Waals surface area contributed by atoms with Crippen molar-refractivity contribution in [2.75, 3.05) is 6.54 Å². The van der Waals surface area contributed by atoms with E-state index in [9.17, 15) is 4.79 Å². The third-order valence-electron chi connectivity index (χ3n) is 4.58. The molecular weight excluding hydrogens is 300 g/mol. The highest BCUT2D eigenvalue weighted by Gasteiger charge is 2.25. The van der Waals surface area contributed by atoms with Crippen molar-refractivity contribution in [3.8, 4) is 0 Å². The summed E-state index contributed by atoms with van der Waals surface area (Å²) in [4.78, 5) is 26.8. The maximum Gasteiger partial charge on any atom is 0.272 e. The lowest BCUT2D eigenvalue weighted by molar-refractivity contribution is 0.0726. The number of carbonyl (C=O) groups is 1. The van der Waals surface area contributed by atoms with Gasteiger partial charge in [0.1, 0.15) is 11.5 Å². The molecule has 2 aromatic heterocycles. The van der Waals surface area contributed by atoms with Crippen LogP contribution >= 0.6 is 0 Å². The van der Waals surface area contributed by atoms with Gasteiger partial charge in [0.05, 0.1) is 6.54 Å². The zero-order chi connectivity index (χ0) is 16.7. The molecule has 0 saturated carbocycles. The molecule has 4 rings (SSSR count). The molecule has 5 heteroatoms. The number of hydrogen-bond acceptors (Lipinski definition) is 3. The van der Waals surface area contributed by atoms with Gasteiger partial charge in [-0.1, -0.05) is 32.0 Å². The van der Waals surface area contributed by atoms with E-state index in [-0.39, 0.29) is 11.8 Å². The molecule has 1 aliphatic rings. The summed E-state index contributed by atoms with van der Waals surface area (Å²) in [5.74, 6) is 0.896. The van der Waals surface area contributed by atoms with Gasteiger partial charge in [-0.3, -0.25) is 4.79 Å². The lowest BCUT2D eigenvalue weighted by atomic mass is 10.0. The van der Waals surface area contributed by atoms with Crippen LogP contribution in [0.25, 0.3) is 10.9 Å². The molecule has 0 radical (unpaired) electrons. The summed E-state index contributed by atoms with van der Waals surface area (Å²) in [6.45, 7) is 5.38. The van der Waals surface area contributed by atoms with Gasteiger partial charge in [-0.15, -0.1) is 0 Å². The highest BCUT2D eigenvalue weighted by Crippen LogP contribution is 2.27. The Bertz CT molecular complexity index is 913. The van der Waals surface area contributed by atoms with Gasteiger partial charge in [-0.05, 0) is 24.1 Å². The van der Waals surface area contributed by atoms with Crippen molar-refractivity contribution in [2.24, 2.45) is 0 Å². The summed E-state index contributed by atoms with van der Waals surface area (Å²) in [7, 11) is 0. The van der Waals surface area contributed by atoms with E-state index < -0.39 is 0 Å². The summed E-state index contributed by atoms with van der Waals surface area (Å²) in [6, 6.07) is 10.0. The molecule has 0 bridgehead atoms. The molecule has 122 valence electrons. The Labute approximate surface area is 140 Å². The molecule has 5 nitrogen and oxygen atoms in total. The number of nitrogens with one attached hydrogen (secondary N) is 1. The quantitative estimate of drug-likeness (QED) is 0.788. The predicted octanol–water partition coefficient (Wildman–Crippen LogP) is 3.28. The average Bonchev–Trinajstić information content (AvgIpc) is 2.99. The number of amides is 1. The number of rotatable bonds is 2. The van der Waals surface area contributed by atoms with Gasteiger partial charge >= 0.3 is 0 Å². The van der Waals surface area contributed by atoms with Crippen LogP contribution in [-0.4, -0.2) is 32.3 Å². The van der Waals surface area contributed by atoms with E-state index in [1.54, 1.807) is 12.3 Å². The number of aromatic nitrogens is 3. The number of nitrogens with zero attached hydrogens (tertiary/aromatic N) is 3. The van der Waals surface area contributed by atoms with Crippen LogP contribution in [0.5, 0.6) is 0 Å². The molecule has 0 saturated heterocycles. The van der Waals surface area contributed by atoms with Gasteiger partial charge in [-0.2, -0.15) is 0 Å². The fourth-order valence-corrected chi connectivity index (χ4v) is 3.30. The molecule has 0 spiro atoms. The number of aromatic amines is 1. The first-order valence-electron chi connectivity index (χ1n) is 8.34. The van der Waals surface area contributed by atoms with Gasteiger partial charge in [0.2, 0.25) is 0 Å². The normalized spacial score (nSPS) is 14.2. The van der Waals surface area contributed by atoms with Crippen molar-refractivity contribution >= 4 is 16.8 Å². The van der Waals surface area contributed by atoms with Crippen molar-refractivity contribution in [2.45, 2.75) is 32.7 Å². The zero-order valence-corrected chi connectivity index (χ0v) is 13.9. The fraction of sp³-hybridized carbons (Fsp3) is 0.316. The minimum atomic E-state index is -0.0244. The molecule has 0 unspecified atom stereocenters. The number of benzene rings is 1. The smallest absolute Gasteiger partial charge is 0.272 e. The SMILES string of the molecule is CC(C)c1nccc(C(=O)N2CCc3c([nH]c4ccccc34)C2)n1. The Kier molecular flexibility index (Phi) is 3.56. The molecule has 0 aliphatic carbocycles. The predicted molar refractivity (Wildman–Crippen MR) is 92.9 cm³/mol. The first-order chi connectivity index (χ1) is 11.6. The second-order valence-corrected chi connectivity index (χ2v) is 6.56. The van der Waals surface area contributed by atoms with Crippen LogP contribution in [0.2, 0.25) is 0 Å². The van der Waals surface area contributed by atoms with Gasteiger partial charge in [0.25, 0.3) is 5.91 Å². The van der Waals surface area contributed by atoms with E-state index in [2.05, 4.69) is 33.2 Å². The molecule has 0 fully saturated rings. The summed E-state index contributed by atoms with van der Waals surface area (Å²) in [6.07, 6.45) is 2.54. The largest absolute Gasteiger partial charge is 0.357 e. The summed E-state index contributed by atoms with van der Waals surface area (Å²) in [5.41, 5.74) is 4.09. The monoisotopic (exact) mass is 320 g/mol. The lowest BCUT2D eigenvalue weighted by Crippen LogP contribution is -2.36. The minimum absolute atomic E-state index is 0.0244. The van der Waals surface area contributed by atoms with E-state index in [1.165, 1.54) is 10.9 Å². The zero-order valence-electron chi connectivity index (χ0n) is 13.9. The maximum absolute atomic E-state index is 12.8. The van der Waals surface area contributed by atoms with E-state index in [1.807, 2.05) is 24.8 Å². The first-order valence-corrected chi connectivity index (χ1v) is 8.34. The third kappa shape index (κ3) is 2.46. The van der Waals surface area contributed by atoms with Crippen LogP contribution in [0.1, 0.15) is 47.3 Å². The number of hydrogen-bond donors (Lipinski definition) is 1. The van der Waals surface area contributed by atoms with Crippen molar-refractivity contribution in [1.82, 2.24) is 19.9 Å². The summed E-state index contributed by atoms with van der Waals surface area (Å²) >= 11 is 0. The molecule has 1 aliphatic heterocycles. The van der Waals surface area contributed by atoms with Crippen LogP contribution in [0.15, 0.2) is 36.5 Å². The highest BCUT2D eigenvalue weighted by atomic mass is 16.2. The molecule has 1 N–H and O–H groups in total. The second-order valence-electron chi connectivity index (χ2n) is 6.56. The van der Waals surface area contributed by atoms with Crippen molar-refractivity contribution in [3.05, 3.63) is 59.3 Å². The van der Waals surface area contributed by atoms with Gasteiger partial charge < -0.3 is 9.88 Å². The van der Waals surface area contributed by atoms with Crippen LogP contribution in [0.3, 0.4) is 0 Å². The van der Waals surface area contributed by atoms with Crippen LogP contribution < -0.4 is 0 Å². The minimum Gasteiger partial charge on any atom is -0.357 e. The maximum atomic E-state index is 12.8. The topological polar surface area (TPSA) is 61.9 Å². The van der Waals surface area contributed by atoms with Gasteiger partial charge in [-0.25, -0.2) is 9.97 Å². The Hall–Kier alpha value is -2.69. The number of carbonyl (C=O) groups excluding carboxylic acids is 1. The van der Waals surface area contributed by atoms with Gasteiger partial charge in [0.15, 0.2) is 0 Å². The number of fused-ring (bicyclic) bond motifs is 3. The van der Waals surface area contributed by atoms with Crippen LogP contribution in [-0.2, 0) is 13.0 Å². The first kappa shape index (κ1) is 14.9. The Balaban J connectivity index is 1.62. The van der Waals surface area contributed by atoms with Crippen LogP contribution in [0.4, 0.5) is 0 Å². The number of H-pyrrole nitrogens is 1. The van der Waals surface area contributed by atoms with Crippen molar-refractivity contribution in [1.29, 1.82) is 0 Å². The van der Waals surface area contributed by atoms with Gasteiger partial charge in [0, 0.05) is 35.3 Å². The third-order valence-corrected chi connectivity index (χ3v) is 4.58. The molecule has 3 heterocycles. The Morgan fingerprint density at radius 3 is 2.92 bits per heavy atom. The standard InChI is InChI=1S/C19H20N4O/c1-12(2)18-20-9-7-16(22-18)19(24)23-10-8-14-13-5-3-4-6-15(13)21-17(14)11-23/h3-7,9,12,21H,8,10-11H2,1-2H3. The van der Waals surface area contributed by atoms with E-state index >= 15 is 0 Å². The highest BCUT2D eigenvalue weighted by molar-refractivity contribution is 5.93. The second kappa shape index (κ2) is 5.74. The Morgan fingerprint density at radius 1 is 1.25 bits per heavy atom. The lowest BCUT2D eigenvalue weighted by Gasteiger charge is -2.27. The van der Waals surface area contributed by atoms with E-state index in [4.69, 9.17) is 0 Å². The molecule has 3 aromatic rings. The Morgan fingerprint density at radius 2 is 2.08 bits per heavy atom. The number of para-hydroxylation sites is 1. The van der Waals surface area contributed by atoms with E-state index in [0.717, 1.165) is 17.6 Å². The van der Waals surface area contributed by atoms with E-state index in [0.29, 0.717) is 24.6 Å². The van der Waals surface area contributed by atoms with Crippen LogP contribution in [0, 0.1) is 0 Å². The van der Waals surface area contributed by atoms with Crippen molar-refractivity contribution in [3.63, 3.8) is 0 Å². The molecule has 24 heavy (non-hydrogen) atoms. The molecular formula is C19H20N4O. The average molecular weight is 320 g/mol. The summed E-state index contributed by atoms with van der Waals surface area (Å²) in [5, 5.41) is 1.27.